The van der Waals surface area contributed by atoms with Gasteiger partial charge in [-0.15, -0.1) is 0 Å². The SMILES string of the molecule is COC(=O)[C@H](CCCCCCCc1ccc2c(n1)N(C(=O)OC(C)(C)C)CCC2)NC(=O)c1c(Cl)cccc1Cl. The number of rotatable bonds is 11. The number of carbonyl (C=O) groups excluding carboxylic acids is 3. The van der Waals surface area contributed by atoms with Gasteiger partial charge in [0.25, 0.3) is 5.91 Å². The van der Waals surface area contributed by atoms with E-state index in [9.17, 15) is 14.4 Å². The minimum atomic E-state index is -0.780. The van der Waals surface area contributed by atoms with E-state index in [0.29, 0.717) is 18.8 Å². The minimum absolute atomic E-state index is 0.143. The zero-order valence-corrected chi connectivity index (χ0v) is 25.2. The summed E-state index contributed by atoms with van der Waals surface area (Å²) in [6.45, 7) is 6.20. The molecule has 0 unspecified atom stereocenters. The normalized spacial score (nSPS) is 13.8. The molecule has 0 fully saturated rings. The van der Waals surface area contributed by atoms with Gasteiger partial charge < -0.3 is 14.8 Å². The van der Waals surface area contributed by atoms with Crippen molar-refractivity contribution in [1.29, 1.82) is 0 Å². The molecule has 10 heteroatoms. The number of ether oxygens (including phenoxy) is 2. The average molecular weight is 593 g/mol. The molecule has 1 atom stereocenters. The summed E-state index contributed by atoms with van der Waals surface area (Å²) in [5.74, 6) is -0.295. The molecule has 2 amide bonds. The van der Waals surface area contributed by atoms with Crippen LogP contribution in [-0.2, 0) is 27.1 Å². The van der Waals surface area contributed by atoms with Crippen molar-refractivity contribution in [1.82, 2.24) is 10.3 Å². The molecule has 0 aliphatic carbocycles. The number of aryl methyl sites for hydroxylation is 2. The van der Waals surface area contributed by atoms with Gasteiger partial charge in [-0.25, -0.2) is 14.6 Å². The third-order valence-corrected chi connectivity index (χ3v) is 7.25. The van der Waals surface area contributed by atoms with Gasteiger partial charge in [-0.1, -0.05) is 61.0 Å². The Morgan fingerprint density at radius 2 is 1.70 bits per heavy atom. The molecule has 0 saturated heterocycles. The summed E-state index contributed by atoms with van der Waals surface area (Å²) in [7, 11) is 1.30. The zero-order chi connectivity index (χ0) is 29.3. The minimum Gasteiger partial charge on any atom is -0.467 e. The molecular weight excluding hydrogens is 553 g/mol. The molecule has 0 saturated carbocycles. The predicted octanol–water partition coefficient (Wildman–Crippen LogP) is 6.93. The van der Waals surface area contributed by atoms with Crippen LogP contribution in [0.4, 0.5) is 10.6 Å². The van der Waals surface area contributed by atoms with E-state index >= 15 is 0 Å². The number of aromatic nitrogens is 1. The molecule has 1 aliphatic rings. The van der Waals surface area contributed by atoms with Crippen molar-refractivity contribution >= 4 is 47.0 Å². The summed E-state index contributed by atoms with van der Waals surface area (Å²) in [5.41, 5.74) is 1.62. The first kappa shape index (κ1) is 31.7. The lowest BCUT2D eigenvalue weighted by Gasteiger charge is -2.31. The maximum atomic E-state index is 12.7. The van der Waals surface area contributed by atoms with E-state index in [1.807, 2.05) is 26.8 Å². The summed E-state index contributed by atoms with van der Waals surface area (Å²) < 4.78 is 10.5. The number of methoxy groups -OCH3 is 1. The molecule has 218 valence electrons. The summed E-state index contributed by atoms with van der Waals surface area (Å²) in [5, 5.41) is 3.15. The maximum Gasteiger partial charge on any atom is 0.416 e. The Hall–Kier alpha value is -2.84. The largest absolute Gasteiger partial charge is 0.467 e. The summed E-state index contributed by atoms with van der Waals surface area (Å²) in [6, 6.07) is 8.15. The van der Waals surface area contributed by atoms with Gasteiger partial charge in [-0.3, -0.25) is 9.69 Å². The Labute approximate surface area is 246 Å². The van der Waals surface area contributed by atoms with Gasteiger partial charge in [-0.05, 0) is 76.6 Å². The molecule has 2 aromatic rings. The first-order chi connectivity index (χ1) is 19.0. The second-order valence-corrected chi connectivity index (χ2v) is 11.8. The smallest absolute Gasteiger partial charge is 0.416 e. The Kier molecular flexibility index (Phi) is 11.6. The molecular formula is C30H39Cl2N3O5. The number of anilines is 1. The van der Waals surface area contributed by atoms with Crippen LogP contribution in [0.25, 0.3) is 0 Å². The number of unbranched alkanes of at least 4 members (excludes halogenated alkanes) is 4. The van der Waals surface area contributed by atoms with E-state index in [4.69, 9.17) is 37.7 Å². The lowest BCUT2D eigenvalue weighted by Crippen LogP contribution is -2.41. The quantitative estimate of drug-likeness (QED) is 0.225. The van der Waals surface area contributed by atoms with Crippen molar-refractivity contribution in [2.75, 3.05) is 18.6 Å². The van der Waals surface area contributed by atoms with Crippen molar-refractivity contribution in [3.05, 3.63) is 57.2 Å². The summed E-state index contributed by atoms with van der Waals surface area (Å²) in [6.07, 6.45) is 7.30. The van der Waals surface area contributed by atoms with Crippen molar-refractivity contribution in [2.24, 2.45) is 0 Å². The Morgan fingerprint density at radius 3 is 2.38 bits per heavy atom. The Balaban J connectivity index is 1.45. The van der Waals surface area contributed by atoms with Crippen LogP contribution < -0.4 is 10.2 Å². The summed E-state index contributed by atoms with van der Waals surface area (Å²) in [4.78, 5) is 44.2. The fraction of sp³-hybridized carbons (Fsp3) is 0.533. The number of amides is 2. The first-order valence-corrected chi connectivity index (χ1v) is 14.6. The standard InChI is InChI=1S/C30H39Cl2N3O5/c1-30(2,3)40-29(38)35-19-11-12-20-17-18-21(33-26(20)35)13-8-6-5-7-9-16-24(28(37)39-4)34-27(36)25-22(31)14-10-15-23(25)32/h10,14-15,17-18,24H,5-9,11-13,16,19H2,1-4H3,(H,34,36)/t24-/m0/s1. The molecule has 8 nitrogen and oxygen atoms in total. The van der Waals surface area contributed by atoms with E-state index in [1.54, 1.807) is 23.1 Å². The van der Waals surface area contributed by atoms with E-state index in [2.05, 4.69) is 11.4 Å². The highest BCUT2D eigenvalue weighted by atomic mass is 35.5. The van der Waals surface area contributed by atoms with Gasteiger partial charge in [-0.2, -0.15) is 0 Å². The topological polar surface area (TPSA) is 97.8 Å². The highest BCUT2D eigenvalue weighted by Gasteiger charge is 2.29. The number of esters is 1. The van der Waals surface area contributed by atoms with E-state index < -0.39 is 23.5 Å². The van der Waals surface area contributed by atoms with Crippen molar-refractivity contribution in [2.45, 2.75) is 90.2 Å². The number of nitrogens with one attached hydrogen (secondary N) is 1. The fourth-order valence-electron chi connectivity index (χ4n) is 4.63. The number of hydrogen-bond acceptors (Lipinski definition) is 6. The molecule has 1 N–H and O–H groups in total. The molecule has 1 aromatic heterocycles. The van der Waals surface area contributed by atoms with Crippen LogP contribution in [0.5, 0.6) is 0 Å². The average Bonchev–Trinajstić information content (AvgIpc) is 2.89. The van der Waals surface area contributed by atoms with Crippen molar-refractivity contribution in [3.63, 3.8) is 0 Å². The van der Waals surface area contributed by atoms with E-state index in [-0.39, 0.29) is 21.7 Å². The van der Waals surface area contributed by atoms with Crippen LogP contribution in [0.2, 0.25) is 10.0 Å². The number of hydrogen-bond donors (Lipinski definition) is 1. The molecule has 40 heavy (non-hydrogen) atoms. The van der Waals surface area contributed by atoms with Crippen molar-refractivity contribution in [3.8, 4) is 0 Å². The third-order valence-electron chi connectivity index (χ3n) is 6.62. The molecule has 0 bridgehead atoms. The van der Waals surface area contributed by atoms with Gasteiger partial charge in [0.05, 0.1) is 22.7 Å². The Bertz CT molecular complexity index is 1180. The summed E-state index contributed by atoms with van der Waals surface area (Å²) >= 11 is 12.3. The number of pyridine rings is 1. The molecule has 3 rings (SSSR count). The predicted molar refractivity (Wildman–Crippen MR) is 157 cm³/mol. The van der Waals surface area contributed by atoms with Gasteiger partial charge in [0, 0.05) is 12.2 Å². The lowest BCUT2D eigenvalue weighted by atomic mass is 10.0. The van der Waals surface area contributed by atoms with Gasteiger partial charge in [0.1, 0.15) is 17.5 Å². The zero-order valence-electron chi connectivity index (χ0n) is 23.7. The fourth-order valence-corrected chi connectivity index (χ4v) is 5.20. The van der Waals surface area contributed by atoms with Crippen LogP contribution in [0.1, 0.15) is 87.3 Å². The highest BCUT2D eigenvalue weighted by molar-refractivity contribution is 6.39. The van der Waals surface area contributed by atoms with Crippen LogP contribution in [0, 0.1) is 0 Å². The first-order valence-electron chi connectivity index (χ1n) is 13.8. The van der Waals surface area contributed by atoms with Crippen molar-refractivity contribution < 1.29 is 23.9 Å². The van der Waals surface area contributed by atoms with Crippen LogP contribution >= 0.6 is 23.2 Å². The number of fused-ring (bicyclic) bond motifs is 1. The molecule has 1 aliphatic heterocycles. The number of halogens is 2. The van der Waals surface area contributed by atoms with E-state index in [1.165, 1.54) is 7.11 Å². The van der Waals surface area contributed by atoms with Crippen LogP contribution in [0.3, 0.4) is 0 Å². The number of carbonyl (C=O) groups is 3. The monoisotopic (exact) mass is 591 g/mol. The molecule has 0 spiro atoms. The lowest BCUT2D eigenvalue weighted by molar-refractivity contribution is -0.143. The number of nitrogens with zero attached hydrogens (tertiary/aromatic N) is 2. The Morgan fingerprint density at radius 1 is 1.02 bits per heavy atom. The second kappa shape index (κ2) is 14.7. The molecule has 2 heterocycles. The number of benzene rings is 1. The second-order valence-electron chi connectivity index (χ2n) is 11.0. The maximum absolute atomic E-state index is 12.7. The highest BCUT2D eigenvalue weighted by Crippen LogP contribution is 2.28. The third kappa shape index (κ3) is 9.10. The van der Waals surface area contributed by atoms with Crippen LogP contribution in [0.15, 0.2) is 30.3 Å². The molecule has 1 aromatic carbocycles. The molecule has 0 radical (unpaired) electrons. The van der Waals surface area contributed by atoms with Gasteiger partial charge in [0.15, 0.2) is 0 Å². The van der Waals surface area contributed by atoms with Gasteiger partial charge in [0.2, 0.25) is 0 Å². The van der Waals surface area contributed by atoms with Crippen LogP contribution in [-0.4, -0.2) is 48.3 Å². The van der Waals surface area contributed by atoms with E-state index in [0.717, 1.165) is 62.6 Å². The van der Waals surface area contributed by atoms with Gasteiger partial charge >= 0.3 is 12.1 Å².